The third kappa shape index (κ3) is 2.82. The fraction of sp³-hybridized carbons (Fsp3) is 0.143. The molecule has 3 N–H and O–H groups in total. The highest BCUT2D eigenvalue weighted by molar-refractivity contribution is 5.13. The van der Waals surface area contributed by atoms with Crippen LogP contribution in [0, 0.1) is 0 Å². The number of rotatable bonds is 2. The number of benzene rings is 1. The number of quaternary nitrogens is 1. The van der Waals surface area contributed by atoms with Gasteiger partial charge in [-0.25, -0.2) is 10.7 Å². The maximum absolute atomic E-state index is 4.68. The van der Waals surface area contributed by atoms with E-state index in [-0.39, 0.29) is 12.4 Å². The Balaban J connectivity index is 0.000000810. The normalized spacial score (nSPS) is 8.50. The van der Waals surface area contributed by atoms with Crippen LogP contribution in [0.2, 0.25) is 0 Å². The van der Waals surface area contributed by atoms with E-state index in [9.17, 15) is 0 Å². The summed E-state index contributed by atoms with van der Waals surface area (Å²) in [4.78, 5) is 4.68. The Bertz CT molecular complexity index is 167. The molecule has 0 saturated heterocycles. The molecular weight excluding hydrogens is 150 g/mol. The summed E-state index contributed by atoms with van der Waals surface area (Å²) in [5.74, 6) is 3.28. The first-order valence-electron chi connectivity index (χ1n) is 2.84. The molecule has 56 valence electrons. The highest BCUT2D eigenvalue weighted by Gasteiger charge is 1.87. The Kier molecular flexibility index (Phi) is 4.94. The average molecular weight is 160 g/mol. The van der Waals surface area contributed by atoms with Gasteiger partial charge in [0.2, 0.25) is 0 Å². The van der Waals surface area contributed by atoms with E-state index in [1.165, 1.54) is 0 Å². The lowest BCUT2D eigenvalue weighted by molar-refractivity contribution is -0.695. The zero-order valence-corrected chi connectivity index (χ0v) is 6.34. The average Bonchev–Trinajstić information content (AvgIpc) is 1.91. The molecular formula is C7H10ClNO. The van der Waals surface area contributed by atoms with Crippen molar-refractivity contribution in [3.05, 3.63) is 35.9 Å². The quantitative estimate of drug-likeness (QED) is 0.471. The Morgan fingerprint density at radius 2 is 1.80 bits per heavy atom. The zero-order chi connectivity index (χ0) is 6.53. The van der Waals surface area contributed by atoms with Gasteiger partial charge in [-0.2, -0.15) is 0 Å². The third-order valence-electron chi connectivity index (χ3n) is 1.11. The second-order valence-electron chi connectivity index (χ2n) is 1.83. The van der Waals surface area contributed by atoms with E-state index < -0.39 is 0 Å². The molecule has 0 saturated carbocycles. The maximum Gasteiger partial charge on any atom is 0.131 e. The van der Waals surface area contributed by atoms with Crippen LogP contribution in [0.25, 0.3) is 0 Å². The number of halogens is 1. The first kappa shape index (κ1) is 9.43. The molecule has 0 atom stereocenters. The fourth-order valence-corrected chi connectivity index (χ4v) is 0.692. The fourth-order valence-electron chi connectivity index (χ4n) is 0.692. The van der Waals surface area contributed by atoms with Crippen LogP contribution in [0.5, 0.6) is 0 Å². The van der Waals surface area contributed by atoms with Gasteiger partial charge in [0, 0.05) is 0 Å². The maximum atomic E-state index is 4.68. The molecule has 1 aromatic carbocycles. The Labute approximate surface area is 66.4 Å². The van der Waals surface area contributed by atoms with E-state index in [4.69, 9.17) is 0 Å². The summed E-state index contributed by atoms with van der Waals surface area (Å²) >= 11 is 0. The van der Waals surface area contributed by atoms with E-state index in [1.807, 2.05) is 30.3 Å². The van der Waals surface area contributed by atoms with Gasteiger partial charge in [0.1, 0.15) is 6.61 Å². The second-order valence-corrected chi connectivity index (χ2v) is 1.83. The Hall–Kier alpha value is -0.570. The number of hydrogen-bond acceptors (Lipinski definition) is 1. The van der Waals surface area contributed by atoms with Crippen LogP contribution in [0.1, 0.15) is 5.56 Å². The summed E-state index contributed by atoms with van der Waals surface area (Å²) in [6.45, 7) is 0.598. The van der Waals surface area contributed by atoms with Crippen LogP contribution < -0.4 is 18.3 Å². The standard InChI is InChI=1S/C7H10NO.ClH/c8-9-6-7-4-2-1-3-5-7;/h1-5H,6H2,8H3;1H/q+1;/p-1. The van der Waals surface area contributed by atoms with Crippen LogP contribution in [-0.2, 0) is 11.4 Å². The van der Waals surface area contributed by atoms with Crippen molar-refractivity contribution in [3.63, 3.8) is 0 Å². The van der Waals surface area contributed by atoms with Gasteiger partial charge in [-0.3, -0.25) is 0 Å². The molecule has 0 aliphatic rings. The molecule has 10 heavy (non-hydrogen) atoms. The smallest absolute Gasteiger partial charge is 0.131 e. The SMILES string of the molecule is [Cl-].[NH3+]OCc1ccccc1. The van der Waals surface area contributed by atoms with E-state index >= 15 is 0 Å². The molecule has 0 aromatic heterocycles. The van der Waals surface area contributed by atoms with Crippen molar-refractivity contribution in [1.82, 2.24) is 0 Å². The molecule has 3 heteroatoms. The van der Waals surface area contributed by atoms with Crippen molar-refractivity contribution in [2.45, 2.75) is 6.61 Å². The van der Waals surface area contributed by atoms with Crippen LogP contribution in [-0.4, -0.2) is 0 Å². The van der Waals surface area contributed by atoms with Crippen molar-refractivity contribution >= 4 is 0 Å². The molecule has 0 fully saturated rings. The molecule has 0 aliphatic carbocycles. The summed E-state index contributed by atoms with van der Waals surface area (Å²) in [5, 5.41) is 0. The Morgan fingerprint density at radius 1 is 1.20 bits per heavy atom. The van der Waals surface area contributed by atoms with Crippen LogP contribution >= 0.6 is 0 Å². The molecule has 0 amide bonds. The summed E-state index contributed by atoms with van der Waals surface area (Å²) < 4.78 is 0. The van der Waals surface area contributed by atoms with E-state index in [0.29, 0.717) is 6.61 Å². The van der Waals surface area contributed by atoms with Gasteiger partial charge in [-0.05, 0) is 5.56 Å². The summed E-state index contributed by atoms with van der Waals surface area (Å²) in [7, 11) is 0. The van der Waals surface area contributed by atoms with Crippen molar-refractivity contribution in [2.24, 2.45) is 0 Å². The van der Waals surface area contributed by atoms with Gasteiger partial charge >= 0.3 is 0 Å². The van der Waals surface area contributed by atoms with E-state index in [2.05, 4.69) is 10.7 Å². The lowest BCUT2D eigenvalue weighted by atomic mass is 10.2. The lowest BCUT2D eigenvalue weighted by Gasteiger charge is -1.92. The topological polar surface area (TPSA) is 36.9 Å². The van der Waals surface area contributed by atoms with Gasteiger partial charge in [0.25, 0.3) is 0 Å². The van der Waals surface area contributed by atoms with Crippen molar-refractivity contribution in [1.29, 1.82) is 0 Å². The molecule has 0 spiro atoms. The van der Waals surface area contributed by atoms with E-state index in [0.717, 1.165) is 5.56 Å². The summed E-state index contributed by atoms with van der Waals surface area (Å²) in [6, 6.07) is 9.95. The molecule has 1 aromatic rings. The minimum absolute atomic E-state index is 0. The highest BCUT2D eigenvalue weighted by atomic mass is 35.5. The van der Waals surface area contributed by atoms with Crippen molar-refractivity contribution in [2.75, 3.05) is 0 Å². The minimum Gasteiger partial charge on any atom is -1.00 e. The zero-order valence-electron chi connectivity index (χ0n) is 5.59. The van der Waals surface area contributed by atoms with Crippen LogP contribution in [0.15, 0.2) is 30.3 Å². The summed E-state index contributed by atoms with van der Waals surface area (Å²) in [5.41, 5.74) is 1.16. The van der Waals surface area contributed by atoms with Gasteiger partial charge < -0.3 is 12.4 Å². The largest absolute Gasteiger partial charge is 1.00 e. The Morgan fingerprint density at radius 3 is 2.30 bits per heavy atom. The highest BCUT2D eigenvalue weighted by Crippen LogP contribution is 1.97. The molecule has 0 bridgehead atoms. The molecule has 0 aliphatic heterocycles. The minimum atomic E-state index is 0. The molecule has 0 unspecified atom stereocenters. The van der Waals surface area contributed by atoms with Crippen LogP contribution in [0.4, 0.5) is 0 Å². The first-order chi connectivity index (χ1) is 4.43. The van der Waals surface area contributed by atoms with Crippen LogP contribution in [0.3, 0.4) is 0 Å². The molecule has 1 rings (SSSR count). The van der Waals surface area contributed by atoms with Gasteiger partial charge in [0.05, 0.1) is 0 Å². The number of hydrogen-bond donors (Lipinski definition) is 1. The molecule has 0 radical (unpaired) electrons. The second kappa shape index (κ2) is 5.23. The third-order valence-corrected chi connectivity index (χ3v) is 1.11. The first-order valence-corrected chi connectivity index (χ1v) is 2.84. The van der Waals surface area contributed by atoms with Gasteiger partial charge in [-0.15, -0.1) is 0 Å². The summed E-state index contributed by atoms with van der Waals surface area (Å²) in [6.07, 6.45) is 0. The predicted molar refractivity (Wildman–Crippen MR) is 34.1 cm³/mol. The van der Waals surface area contributed by atoms with Crippen molar-refractivity contribution in [3.8, 4) is 0 Å². The lowest BCUT2D eigenvalue weighted by Crippen LogP contribution is -3.00. The molecule has 2 nitrogen and oxygen atoms in total. The van der Waals surface area contributed by atoms with Crippen molar-refractivity contribution < 1.29 is 23.1 Å². The van der Waals surface area contributed by atoms with E-state index in [1.54, 1.807) is 0 Å². The van der Waals surface area contributed by atoms with Gasteiger partial charge in [-0.1, -0.05) is 30.3 Å². The van der Waals surface area contributed by atoms with Gasteiger partial charge in [0.15, 0.2) is 0 Å². The molecule has 0 heterocycles. The monoisotopic (exact) mass is 159 g/mol. The predicted octanol–water partition coefficient (Wildman–Crippen LogP) is -2.64.